The fourth-order valence-electron chi connectivity index (χ4n) is 5.14. The average molecular weight is 527 g/mol. The number of carbonyl (C=O) groups is 2. The number of piperidine rings is 1. The molecule has 8 nitrogen and oxygen atoms in total. The average Bonchev–Trinajstić information content (AvgIpc) is 3.74. The molecular weight excluding hydrogens is 488 g/mol. The molecule has 0 spiro atoms. The minimum absolute atomic E-state index is 0.0278. The number of likely N-dealkylation sites (tertiary alicyclic amines) is 1. The first-order valence-electron chi connectivity index (χ1n) is 14.1. The molecule has 0 radical (unpaired) electrons. The summed E-state index contributed by atoms with van der Waals surface area (Å²) in [5, 5.41) is 15.0. The van der Waals surface area contributed by atoms with E-state index < -0.39 is 0 Å². The van der Waals surface area contributed by atoms with Crippen molar-refractivity contribution in [2.75, 3.05) is 25.0 Å². The Morgan fingerprint density at radius 1 is 1.10 bits per heavy atom. The monoisotopic (exact) mass is 526 g/mol. The zero-order valence-corrected chi connectivity index (χ0v) is 22.9. The van der Waals surface area contributed by atoms with Crippen LogP contribution < -0.4 is 21.2 Å². The summed E-state index contributed by atoms with van der Waals surface area (Å²) in [6.07, 6.45) is 22.2. The topological polar surface area (TPSA) is 103 Å². The number of nitrogens with zero attached hydrogens (tertiary/aromatic N) is 3. The van der Waals surface area contributed by atoms with E-state index in [9.17, 15) is 9.59 Å². The molecule has 1 saturated heterocycles. The predicted octanol–water partition coefficient (Wildman–Crippen LogP) is 3.52. The molecule has 3 heterocycles. The van der Waals surface area contributed by atoms with Gasteiger partial charge in [-0.2, -0.15) is 5.10 Å². The number of aromatic nitrogens is 3. The van der Waals surface area contributed by atoms with Gasteiger partial charge in [0.05, 0.1) is 17.2 Å². The Morgan fingerprint density at radius 3 is 2.67 bits per heavy atom. The molecule has 3 N–H and O–H groups in total. The van der Waals surface area contributed by atoms with Crippen molar-refractivity contribution in [1.82, 2.24) is 25.4 Å². The summed E-state index contributed by atoms with van der Waals surface area (Å²) >= 11 is 0. The Kier molecular flexibility index (Phi) is 8.51. The minimum Gasteiger partial charge on any atom is -0.324 e. The first-order chi connectivity index (χ1) is 19.0. The Morgan fingerprint density at radius 2 is 1.92 bits per heavy atom. The van der Waals surface area contributed by atoms with Crippen LogP contribution in [0.5, 0.6) is 0 Å². The van der Waals surface area contributed by atoms with E-state index >= 15 is 0 Å². The number of hydrogen-bond donors (Lipinski definition) is 3. The highest BCUT2D eigenvalue weighted by Crippen LogP contribution is 2.31. The van der Waals surface area contributed by atoms with Gasteiger partial charge in [-0.15, -0.1) is 0 Å². The van der Waals surface area contributed by atoms with Gasteiger partial charge in [-0.05, 0) is 82.3 Å². The maximum atomic E-state index is 13.3. The lowest BCUT2D eigenvalue weighted by molar-refractivity contribution is -0.117. The Labute approximate surface area is 229 Å². The van der Waals surface area contributed by atoms with E-state index in [1.54, 1.807) is 6.20 Å². The molecule has 1 unspecified atom stereocenters. The van der Waals surface area contributed by atoms with E-state index in [1.807, 2.05) is 31.3 Å². The van der Waals surface area contributed by atoms with Gasteiger partial charge in [0.2, 0.25) is 5.91 Å². The second-order valence-electron chi connectivity index (χ2n) is 10.6. The number of allylic oxidation sites excluding steroid dienone is 3. The molecule has 1 atom stereocenters. The molecule has 2 amide bonds. The number of fused-ring (bicyclic) bond motifs is 1. The second-order valence-corrected chi connectivity index (χ2v) is 10.6. The number of rotatable bonds is 9. The zero-order chi connectivity index (χ0) is 27.2. The summed E-state index contributed by atoms with van der Waals surface area (Å²) in [4.78, 5) is 32.3. The van der Waals surface area contributed by atoms with Crippen LogP contribution in [0.3, 0.4) is 0 Å². The van der Waals surface area contributed by atoms with Crippen LogP contribution >= 0.6 is 0 Å². The third-order valence-electron chi connectivity index (χ3n) is 7.67. The Hall–Kier alpha value is -3.78. The second kappa shape index (κ2) is 12.4. The molecule has 8 heteroatoms. The van der Waals surface area contributed by atoms with Crippen molar-refractivity contribution in [3.63, 3.8) is 0 Å². The number of anilines is 1. The molecule has 0 aromatic carbocycles. The van der Waals surface area contributed by atoms with Crippen molar-refractivity contribution in [1.29, 1.82) is 0 Å². The number of pyridine rings is 1. The van der Waals surface area contributed by atoms with E-state index in [1.165, 1.54) is 24.8 Å². The van der Waals surface area contributed by atoms with Crippen LogP contribution in [0.25, 0.3) is 12.2 Å². The summed E-state index contributed by atoms with van der Waals surface area (Å²) in [6.45, 7) is 7.19. The summed E-state index contributed by atoms with van der Waals surface area (Å²) in [6, 6.07) is 1.97. The third-order valence-corrected chi connectivity index (χ3v) is 7.67. The largest absolute Gasteiger partial charge is 0.324 e. The first kappa shape index (κ1) is 26.8. The molecule has 2 fully saturated rings. The minimum atomic E-state index is -0.253. The molecule has 2 aromatic heterocycles. The summed E-state index contributed by atoms with van der Waals surface area (Å²) in [7, 11) is 0. The van der Waals surface area contributed by atoms with Gasteiger partial charge in [0, 0.05) is 35.5 Å². The number of amides is 2. The fourth-order valence-corrected chi connectivity index (χ4v) is 5.14. The highest BCUT2D eigenvalue weighted by atomic mass is 16.2. The summed E-state index contributed by atoms with van der Waals surface area (Å²) in [5.41, 5.74) is 4.03. The van der Waals surface area contributed by atoms with Gasteiger partial charge in [0.25, 0.3) is 5.91 Å². The van der Waals surface area contributed by atoms with Crippen molar-refractivity contribution >= 4 is 29.7 Å². The number of aromatic amines is 1. The van der Waals surface area contributed by atoms with E-state index in [-0.39, 0.29) is 23.7 Å². The quantitative estimate of drug-likeness (QED) is 0.434. The lowest BCUT2D eigenvalue weighted by atomic mass is 9.92. The molecule has 5 rings (SSSR count). The van der Waals surface area contributed by atoms with Crippen molar-refractivity contribution in [3.05, 3.63) is 75.9 Å². The Bertz CT molecular complexity index is 1420. The van der Waals surface area contributed by atoms with Gasteiger partial charge in [-0.1, -0.05) is 36.8 Å². The number of nitrogens with one attached hydrogen (secondary N) is 3. The highest BCUT2D eigenvalue weighted by Gasteiger charge is 2.29. The van der Waals surface area contributed by atoms with Crippen molar-refractivity contribution in [2.45, 2.75) is 58.3 Å². The number of hydrogen-bond acceptors (Lipinski definition) is 5. The lowest BCUT2D eigenvalue weighted by Crippen LogP contribution is -2.34. The van der Waals surface area contributed by atoms with Crippen LogP contribution in [0.1, 0.15) is 74.3 Å². The smallest absolute Gasteiger partial charge is 0.276 e. The highest BCUT2D eigenvalue weighted by molar-refractivity contribution is 5.95. The van der Waals surface area contributed by atoms with Crippen molar-refractivity contribution in [2.24, 2.45) is 5.92 Å². The summed E-state index contributed by atoms with van der Waals surface area (Å²) in [5.74, 6) is -0.0303. The molecule has 1 aliphatic heterocycles. The molecule has 2 aromatic rings. The van der Waals surface area contributed by atoms with Crippen LogP contribution in [0, 0.1) is 5.92 Å². The molecule has 2 aliphatic carbocycles. The number of carbonyl (C=O) groups excluding carboxylic acids is 2. The maximum absolute atomic E-state index is 13.3. The lowest BCUT2D eigenvalue weighted by Gasteiger charge is -2.26. The van der Waals surface area contributed by atoms with Crippen LogP contribution in [0.4, 0.5) is 5.69 Å². The first-order valence-corrected chi connectivity index (χ1v) is 14.1. The standard InChI is InChI=1S/C31H38N6O2/c1-3-21(20-37-14-6-5-7-15-37)8-12-25(4-2)33-31(39)29-27-17-23(11-13-28(27)35-36-29)24-16-26(19-32-18-24)34-30(38)22-9-10-22/h3-4,8,12-13,16-19,22-23,35H,5-7,9-11,14-15,20H2,1-2H3,(H,33,39)(H,34,38). The number of H-pyrrole nitrogens is 1. The van der Waals surface area contributed by atoms with Crippen molar-refractivity contribution < 1.29 is 9.59 Å². The van der Waals surface area contributed by atoms with E-state index in [4.69, 9.17) is 0 Å². The predicted molar refractivity (Wildman–Crippen MR) is 154 cm³/mol. The van der Waals surface area contributed by atoms with Gasteiger partial charge >= 0.3 is 0 Å². The van der Waals surface area contributed by atoms with Gasteiger partial charge < -0.3 is 10.6 Å². The van der Waals surface area contributed by atoms with Crippen molar-refractivity contribution in [3.8, 4) is 0 Å². The molecule has 3 aliphatic rings. The van der Waals surface area contributed by atoms with Gasteiger partial charge in [0.15, 0.2) is 5.69 Å². The Balaban J connectivity index is 1.27. The molecule has 39 heavy (non-hydrogen) atoms. The molecule has 1 saturated carbocycles. The van der Waals surface area contributed by atoms with Crippen LogP contribution in [-0.2, 0) is 4.79 Å². The molecule has 0 bridgehead atoms. The van der Waals surface area contributed by atoms with Gasteiger partial charge in [-0.3, -0.25) is 24.6 Å². The fraction of sp³-hybridized carbons (Fsp3) is 0.419. The van der Waals surface area contributed by atoms with E-state index in [0.29, 0.717) is 11.4 Å². The van der Waals surface area contributed by atoms with Gasteiger partial charge in [0.1, 0.15) is 0 Å². The van der Waals surface area contributed by atoms with Crippen LogP contribution in [0.15, 0.2) is 54.0 Å². The molecular formula is C31H38N6O2. The summed E-state index contributed by atoms with van der Waals surface area (Å²) < 4.78 is 0. The normalized spacial score (nSPS) is 20.2. The molecule has 204 valence electrons. The maximum Gasteiger partial charge on any atom is 0.276 e. The van der Waals surface area contributed by atoms with E-state index in [2.05, 4.69) is 61.9 Å². The third kappa shape index (κ3) is 6.81. The van der Waals surface area contributed by atoms with Crippen LogP contribution in [0.2, 0.25) is 0 Å². The zero-order valence-electron chi connectivity index (χ0n) is 22.9. The van der Waals surface area contributed by atoms with E-state index in [0.717, 1.165) is 60.7 Å². The SMILES string of the molecule is CC=C(C=CC(=CC)NC(=O)c1n[nH]c2c1=CC(c1cncc(NC(=O)C3CC3)c1)CC=2)CN1CCCCC1. The van der Waals surface area contributed by atoms with Crippen LogP contribution in [-0.4, -0.2) is 51.5 Å². The van der Waals surface area contributed by atoms with Gasteiger partial charge in [-0.25, -0.2) is 0 Å².